The first-order valence-electron chi connectivity index (χ1n) is 17.4. The monoisotopic (exact) mass is 632 g/mol. The van der Waals surface area contributed by atoms with Gasteiger partial charge in [-0.15, -0.1) is 0 Å². The van der Waals surface area contributed by atoms with E-state index in [1.165, 1.54) is 98.4 Å². The summed E-state index contributed by atoms with van der Waals surface area (Å²) in [6.45, 7) is 0. The van der Waals surface area contributed by atoms with E-state index >= 15 is 0 Å². The van der Waals surface area contributed by atoms with E-state index in [1.54, 1.807) is 0 Å². The number of hydrogen-bond donors (Lipinski definition) is 0. The van der Waals surface area contributed by atoms with Gasteiger partial charge in [0.05, 0.1) is 0 Å². The summed E-state index contributed by atoms with van der Waals surface area (Å²) in [4.78, 5) is 0. The lowest BCUT2D eigenvalue weighted by atomic mass is 9.82. The minimum Gasteiger partial charge on any atom is -0.0622 e. The van der Waals surface area contributed by atoms with Gasteiger partial charge in [-0.3, -0.25) is 0 Å². The lowest BCUT2D eigenvalue weighted by Gasteiger charge is -2.21. The quantitative estimate of drug-likeness (QED) is 0.134. The Labute approximate surface area is 291 Å². The molecule has 10 rings (SSSR count). The molecule has 50 heavy (non-hydrogen) atoms. The highest BCUT2D eigenvalue weighted by molar-refractivity contribution is 6.26. The van der Waals surface area contributed by atoms with Crippen LogP contribution in [0.1, 0.15) is 0 Å². The second-order valence-corrected chi connectivity index (χ2v) is 13.2. The molecule has 232 valence electrons. The van der Waals surface area contributed by atoms with Crippen molar-refractivity contribution in [3.63, 3.8) is 0 Å². The zero-order chi connectivity index (χ0) is 33.0. The summed E-state index contributed by atoms with van der Waals surface area (Å²) in [5.41, 5.74) is 9.95. The lowest BCUT2D eigenvalue weighted by molar-refractivity contribution is 1.62. The minimum absolute atomic E-state index is 1.22. The Hall–Kier alpha value is -6.50. The van der Waals surface area contributed by atoms with Crippen molar-refractivity contribution in [2.45, 2.75) is 0 Å². The van der Waals surface area contributed by atoms with Crippen LogP contribution in [0.15, 0.2) is 194 Å². The van der Waals surface area contributed by atoms with Crippen LogP contribution in [0.2, 0.25) is 0 Å². The number of fused-ring (bicyclic) bond motifs is 6. The third-order valence-electron chi connectivity index (χ3n) is 10.4. The molecule has 0 N–H and O–H groups in total. The fourth-order valence-electron chi connectivity index (χ4n) is 8.17. The Morgan fingerprint density at radius 1 is 0.200 bits per heavy atom. The summed E-state index contributed by atoms with van der Waals surface area (Å²) < 4.78 is 0. The molecule has 10 aromatic carbocycles. The van der Waals surface area contributed by atoms with Crippen LogP contribution < -0.4 is 0 Å². The predicted molar refractivity (Wildman–Crippen MR) is 216 cm³/mol. The number of rotatable bonds is 4. The summed E-state index contributed by atoms with van der Waals surface area (Å²) in [5, 5.41) is 12.7. The Bertz CT molecular complexity index is 2910. The first-order chi connectivity index (χ1) is 24.8. The maximum Gasteiger partial charge on any atom is -0.00197 e. The fraction of sp³-hybridized carbons (Fsp3) is 0. The molecule has 0 saturated carbocycles. The third kappa shape index (κ3) is 4.54. The second kappa shape index (κ2) is 11.6. The average molecular weight is 633 g/mol. The predicted octanol–water partition coefficient (Wildman–Crippen LogP) is 14.1. The van der Waals surface area contributed by atoms with Gasteiger partial charge in [0, 0.05) is 0 Å². The van der Waals surface area contributed by atoms with Crippen LogP contribution in [0.3, 0.4) is 0 Å². The van der Waals surface area contributed by atoms with Crippen molar-refractivity contribution in [2.75, 3.05) is 0 Å². The Balaban J connectivity index is 1.33. The first kappa shape index (κ1) is 28.5. The van der Waals surface area contributed by atoms with Crippen molar-refractivity contribution in [1.29, 1.82) is 0 Å². The van der Waals surface area contributed by atoms with Crippen LogP contribution in [0, 0.1) is 0 Å². The molecule has 0 saturated heterocycles. The molecule has 0 fully saturated rings. The van der Waals surface area contributed by atoms with Crippen molar-refractivity contribution >= 4 is 53.9 Å². The zero-order valence-electron chi connectivity index (χ0n) is 27.5. The van der Waals surface area contributed by atoms with E-state index in [4.69, 9.17) is 0 Å². The summed E-state index contributed by atoms with van der Waals surface area (Å²) in [6.07, 6.45) is 0. The van der Waals surface area contributed by atoms with E-state index < -0.39 is 0 Å². The van der Waals surface area contributed by atoms with Crippen LogP contribution >= 0.6 is 0 Å². The van der Waals surface area contributed by atoms with Crippen molar-refractivity contribution in [2.24, 2.45) is 0 Å². The summed E-state index contributed by atoms with van der Waals surface area (Å²) in [7, 11) is 0. The topological polar surface area (TPSA) is 0 Å². The van der Waals surface area contributed by atoms with Crippen LogP contribution in [-0.4, -0.2) is 0 Å². The van der Waals surface area contributed by atoms with Gasteiger partial charge in [-0.05, 0) is 117 Å². The van der Waals surface area contributed by atoms with E-state index in [1.807, 2.05) is 0 Å². The Morgan fingerprint density at radius 2 is 0.760 bits per heavy atom. The molecule has 10 aromatic rings. The summed E-state index contributed by atoms with van der Waals surface area (Å²) in [6, 6.07) is 71.4. The van der Waals surface area contributed by atoms with E-state index in [2.05, 4.69) is 194 Å². The van der Waals surface area contributed by atoms with Gasteiger partial charge in [-0.25, -0.2) is 0 Å². The van der Waals surface area contributed by atoms with Crippen LogP contribution in [0.5, 0.6) is 0 Å². The van der Waals surface area contributed by atoms with Crippen molar-refractivity contribution in [3.05, 3.63) is 194 Å². The fourth-order valence-corrected chi connectivity index (χ4v) is 8.17. The molecule has 0 spiro atoms. The van der Waals surface area contributed by atoms with E-state index in [9.17, 15) is 0 Å². The smallest absolute Gasteiger partial charge is 0.00197 e. The molecule has 0 aliphatic heterocycles. The molecule has 0 unspecified atom stereocenters. The molecule has 0 radical (unpaired) electrons. The van der Waals surface area contributed by atoms with Crippen LogP contribution in [-0.2, 0) is 0 Å². The van der Waals surface area contributed by atoms with Gasteiger partial charge >= 0.3 is 0 Å². The maximum atomic E-state index is 2.43. The van der Waals surface area contributed by atoms with Crippen molar-refractivity contribution < 1.29 is 0 Å². The lowest BCUT2D eigenvalue weighted by Crippen LogP contribution is -1.93. The van der Waals surface area contributed by atoms with E-state index in [0.717, 1.165) is 0 Å². The average Bonchev–Trinajstić information content (AvgIpc) is 3.19. The maximum absolute atomic E-state index is 2.43. The van der Waals surface area contributed by atoms with Gasteiger partial charge in [0.1, 0.15) is 0 Å². The number of benzene rings is 10. The largest absolute Gasteiger partial charge is 0.0622 e. The van der Waals surface area contributed by atoms with Crippen molar-refractivity contribution in [1.82, 2.24) is 0 Å². The highest BCUT2D eigenvalue weighted by atomic mass is 14.2. The molecule has 0 aliphatic carbocycles. The first-order valence-corrected chi connectivity index (χ1v) is 17.4. The van der Waals surface area contributed by atoms with E-state index in [0.29, 0.717) is 0 Å². The molecule has 0 heteroatoms. The van der Waals surface area contributed by atoms with Gasteiger partial charge in [-0.1, -0.05) is 176 Å². The van der Waals surface area contributed by atoms with Gasteiger partial charge < -0.3 is 0 Å². The van der Waals surface area contributed by atoms with Gasteiger partial charge in [0.2, 0.25) is 0 Å². The molecule has 0 bridgehead atoms. The highest BCUT2D eigenvalue weighted by Gasteiger charge is 2.20. The summed E-state index contributed by atoms with van der Waals surface area (Å²) in [5.74, 6) is 0. The SMILES string of the molecule is c1ccc(-c2ccc3c(-c4cccc(-c5cccc6ccccc56)c4)c4ccccc4c(-c4cc5ccccc5c5ccccc45)c3c2)cc1. The zero-order valence-corrected chi connectivity index (χ0v) is 27.5. The minimum atomic E-state index is 1.22. The third-order valence-corrected chi connectivity index (χ3v) is 10.4. The van der Waals surface area contributed by atoms with E-state index in [-0.39, 0.29) is 0 Å². The van der Waals surface area contributed by atoms with Crippen LogP contribution in [0.25, 0.3) is 98.4 Å². The summed E-state index contributed by atoms with van der Waals surface area (Å²) >= 11 is 0. The van der Waals surface area contributed by atoms with Gasteiger partial charge in [0.15, 0.2) is 0 Å². The van der Waals surface area contributed by atoms with Gasteiger partial charge in [0.25, 0.3) is 0 Å². The molecular weight excluding hydrogens is 601 g/mol. The normalized spacial score (nSPS) is 11.6. The second-order valence-electron chi connectivity index (χ2n) is 13.2. The number of hydrogen-bond acceptors (Lipinski definition) is 0. The Kier molecular flexibility index (Phi) is 6.60. The molecule has 0 atom stereocenters. The molecule has 0 heterocycles. The molecule has 0 amide bonds. The molecule has 0 nitrogen and oxygen atoms in total. The molecule has 0 aliphatic rings. The standard InChI is InChI=1S/C50H32/c1-2-14-33(15-3-1)35-28-29-46-48(31-35)50(47-32-37-17-5-7-22-41(37)42-23-8-9-24-43(42)47)45-26-11-10-25-44(45)49(46)38-20-12-19-36(30-38)40-27-13-18-34-16-4-6-21-39(34)40/h1-32H. The highest BCUT2D eigenvalue weighted by Crippen LogP contribution is 2.48. The molecular formula is C50H32. The molecule has 0 aromatic heterocycles. The van der Waals surface area contributed by atoms with Crippen molar-refractivity contribution in [3.8, 4) is 44.5 Å². The Morgan fingerprint density at radius 3 is 1.58 bits per heavy atom. The van der Waals surface area contributed by atoms with Crippen LogP contribution in [0.4, 0.5) is 0 Å². The van der Waals surface area contributed by atoms with Gasteiger partial charge in [-0.2, -0.15) is 0 Å².